The van der Waals surface area contributed by atoms with Crippen LogP contribution >= 0.6 is 0 Å². The van der Waals surface area contributed by atoms with Crippen LogP contribution in [-0.4, -0.2) is 65.8 Å². The van der Waals surface area contributed by atoms with Crippen molar-refractivity contribution in [3.63, 3.8) is 0 Å². The molecular formula is C21H24N2O8. The Morgan fingerprint density at radius 3 is 2.19 bits per heavy atom. The van der Waals surface area contributed by atoms with Crippen molar-refractivity contribution in [3.05, 3.63) is 35.2 Å². The minimum atomic E-state index is -0.651. The summed E-state index contributed by atoms with van der Waals surface area (Å²) < 4.78 is 26.0. The smallest absolute Gasteiger partial charge is 0.355 e. The monoisotopic (exact) mass is 432 g/mol. The largest absolute Gasteiger partial charge is 0.493 e. The van der Waals surface area contributed by atoms with Gasteiger partial charge < -0.3 is 33.5 Å². The summed E-state index contributed by atoms with van der Waals surface area (Å²) in [6.07, 6.45) is 4.00. The summed E-state index contributed by atoms with van der Waals surface area (Å²) in [5.41, 5.74) is 1.86. The van der Waals surface area contributed by atoms with Crippen molar-refractivity contribution in [2.24, 2.45) is 5.16 Å². The number of carbonyl (C=O) groups is 2. The van der Waals surface area contributed by atoms with Gasteiger partial charge in [0.05, 0.1) is 47.5 Å². The Morgan fingerprint density at radius 2 is 1.65 bits per heavy atom. The van der Waals surface area contributed by atoms with Crippen molar-refractivity contribution in [2.75, 3.05) is 42.7 Å². The molecule has 0 fully saturated rings. The number of rotatable bonds is 9. The summed E-state index contributed by atoms with van der Waals surface area (Å²) in [5, 5.41) is 3.79. The average Bonchev–Trinajstić information content (AvgIpc) is 3.17. The average molecular weight is 432 g/mol. The molecule has 0 amide bonds. The van der Waals surface area contributed by atoms with Crippen LogP contribution in [0.25, 0.3) is 17.2 Å². The lowest BCUT2D eigenvalue weighted by Crippen LogP contribution is -2.04. The molecule has 10 heteroatoms. The van der Waals surface area contributed by atoms with Crippen LogP contribution in [0.15, 0.2) is 23.4 Å². The van der Waals surface area contributed by atoms with Gasteiger partial charge in [0.25, 0.3) is 0 Å². The van der Waals surface area contributed by atoms with Crippen LogP contribution in [-0.2, 0) is 19.1 Å². The quantitative estimate of drug-likeness (QED) is 0.278. The molecule has 166 valence electrons. The molecule has 0 atom stereocenters. The zero-order valence-electron chi connectivity index (χ0n) is 18.1. The number of methoxy groups -OCH3 is 5. The maximum absolute atomic E-state index is 12.4. The third kappa shape index (κ3) is 4.80. The molecular weight excluding hydrogens is 408 g/mol. The first-order valence-electron chi connectivity index (χ1n) is 8.93. The number of ether oxygens (including phenoxy) is 5. The molecule has 2 rings (SSSR count). The zero-order valence-corrected chi connectivity index (χ0v) is 18.1. The molecule has 0 aliphatic heterocycles. The molecule has 0 aliphatic carbocycles. The molecule has 1 N–H and O–H groups in total. The fourth-order valence-corrected chi connectivity index (χ4v) is 2.97. The summed E-state index contributed by atoms with van der Waals surface area (Å²) in [5.74, 6) is -0.111. The van der Waals surface area contributed by atoms with E-state index in [1.807, 2.05) is 0 Å². The highest BCUT2D eigenvalue weighted by atomic mass is 16.6. The number of hydrogen-bond acceptors (Lipinski definition) is 9. The van der Waals surface area contributed by atoms with Gasteiger partial charge in [0.15, 0.2) is 11.5 Å². The Balaban J connectivity index is 2.94. The van der Waals surface area contributed by atoms with Crippen LogP contribution in [0, 0.1) is 0 Å². The van der Waals surface area contributed by atoms with E-state index >= 15 is 0 Å². The molecule has 1 aromatic carbocycles. The molecule has 0 radical (unpaired) electrons. The van der Waals surface area contributed by atoms with Gasteiger partial charge in [-0.1, -0.05) is 5.16 Å². The normalized spacial score (nSPS) is 10.9. The van der Waals surface area contributed by atoms with Gasteiger partial charge in [-0.3, -0.25) is 0 Å². The second-order valence-corrected chi connectivity index (χ2v) is 5.85. The fraction of sp³-hybridized carbons (Fsp3) is 0.286. The summed E-state index contributed by atoms with van der Waals surface area (Å²) >= 11 is 0. The Morgan fingerprint density at radius 1 is 0.935 bits per heavy atom. The lowest BCUT2D eigenvalue weighted by Gasteiger charge is -2.16. The van der Waals surface area contributed by atoms with Crippen LogP contribution in [0.1, 0.15) is 21.7 Å². The molecule has 0 bridgehead atoms. The number of benzene rings is 1. The molecule has 1 heterocycles. The van der Waals surface area contributed by atoms with E-state index in [0.717, 1.165) is 0 Å². The lowest BCUT2D eigenvalue weighted by atomic mass is 9.98. The van der Waals surface area contributed by atoms with E-state index in [2.05, 4.69) is 14.9 Å². The highest BCUT2D eigenvalue weighted by molar-refractivity contribution is 6.04. The number of carbonyl (C=O) groups excluding carboxylic acids is 2. The van der Waals surface area contributed by atoms with Gasteiger partial charge in [0, 0.05) is 22.8 Å². The Kier molecular flexibility index (Phi) is 8.07. The number of esters is 2. The fourth-order valence-electron chi connectivity index (χ4n) is 2.97. The number of nitrogens with one attached hydrogen (secondary N) is 1. The van der Waals surface area contributed by atoms with E-state index in [-0.39, 0.29) is 5.69 Å². The SMILES string of the molecule is CO/N=C/c1[nH]c(C(=O)OC)c(C=CC(=O)OC)c1-c1ccc(OC)c(OC)c1OC. The first-order valence-corrected chi connectivity index (χ1v) is 8.93. The number of aromatic amines is 1. The minimum Gasteiger partial charge on any atom is -0.493 e. The van der Waals surface area contributed by atoms with Gasteiger partial charge in [-0.05, 0) is 18.2 Å². The van der Waals surface area contributed by atoms with Crippen molar-refractivity contribution >= 4 is 24.2 Å². The summed E-state index contributed by atoms with van der Waals surface area (Å²) in [6, 6.07) is 3.41. The van der Waals surface area contributed by atoms with E-state index in [4.69, 9.17) is 23.8 Å². The van der Waals surface area contributed by atoms with Crippen LogP contribution in [0.5, 0.6) is 17.2 Å². The van der Waals surface area contributed by atoms with Crippen LogP contribution in [0.3, 0.4) is 0 Å². The predicted molar refractivity (Wildman–Crippen MR) is 113 cm³/mol. The van der Waals surface area contributed by atoms with E-state index in [1.54, 1.807) is 12.1 Å². The van der Waals surface area contributed by atoms with E-state index in [1.165, 1.54) is 61.0 Å². The third-order valence-electron chi connectivity index (χ3n) is 4.31. The highest BCUT2D eigenvalue weighted by Crippen LogP contribution is 2.46. The van der Waals surface area contributed by atoms with Gasteiger partial charge in [-0.25, -0.2) is 9.59 Å². The van der Waals surface area contributed by atoms with E-state index in [9.17, 15) is 9.59 Å². The van der Waals surface area contributed by atoms with E-state index in [0.29, 0.717) is 39.6 Å². The van der Waals surface area contributed by atoms with Gasteiger partial charge >= 0.3 is 11.9 Å². The molecule has 2 aromatic rings. The molecule has 0 unspecified atom stereocenters. The molecule has 0 saturated carbocycles. The van der Waals surface area contributed by atoms with Gasteiger partial charge in [0.2, 0.25) is 5.75 Å². The number of nitrogens with zero attached hydrogens (tertiary/aromatic N) is 1. The number of H-pyrrole nitrogens is 1. The van der Waals surface area contributed by atoms with Gasteiger partial charge in [0.1, 0.15) is 12.8 Å². The van der Waals surface area contributed by atoms with Gasteiger partial charge in [-0.2, -0.15) is 0 Å². The summed E-state index contributed by atoms with van der Waals surface area (Å²) in [7, 11) is 8.34. The Labute approximate surface area is 179 Å². The number of oxime groups is 1. The molecule has 1 aromatic heterocycles. The van der Waals surface area contributed by atoms with Gasteiger partial charge in [-0.15, -0.1) is 0 Å². The summed E-state index contributed by atoms with van der Waals surface area (Å²) in [4.78, 5) is 31.9. The van der Waals surface area contributed by atoms with Crippen molar-refractivity contribution in [2.45, 2.75) is 0 Å². The Bertz CT molecular complexity index is 1010. The summed E-state index contributed by atoms with van der Waals surface area (Å²) in [6.45, 7) is 0. The Hall–Kier alpha value is -3.95. The first-order chi connectivity index (χ1) is 15.0. The standard InChI is InChI=1S/C21H24N2O8/c1-26-15-9-7-13(19(28-3)20(15)29-4)17-12(8-10-16(24)27-2)18(21(25)30-5)23-14(17)11-22-31-6/h7-11,23H,1-6H3/b10-8?,22-11+. The number of aromatic nitrogens is 1. The van der Waals surface area contributed by atoms with Crippen LogP contribution in [0.2, 0.25) is 0 Å². The van der Waals surface area contributed by atoms with Crippen molar-refractivity contribution in [1.29, 1.82) is 0 Å². The minimum absolute atomic E-state index is 0.0899. The van der Waals surface area contributed by atoms with Crippen molar-refractivity contribution < 1.29 is 38.1 Å². The molecule has 0 spiro atoms. The number of hydrogen-bond donors (Lipinski definition) is 1. The second-order valence-electron chi connectivity index (χ2n) is 5.85. The molecule has 10 nitrogen and oxygen atoms in total. The maximum atomic E-state index is 12.4. The van der Waals surface area contributed by atoms with Crippen molar-refractivity contribution in [3.8, 4) is 28.4 Å². The van der Waals surface area contributed by atoms with E-state index < -0.39 is 11.9 Å². The second kappa shape index (κ2) is 10.7. The van der Waals surface area contributed by atoms with Crippen LogP contribution < -0.4 is 14.2 Å². The highest BCUT2D eigenvalue weighted by Gasteiger charge is 2.26. The maximum Gasteiger partial charge on any atom is 0.355 e. The molecule has 31 heavy (non-hydrogen) atoms. The first kappa shape index (κ1) is 23.3. The van der Waals surface area contributed by atoms with Crippen LogP contribution in [0.4, 0.5) is 0 Å². The zero-order chi connectivity index (χ0) is 23.0. The third-order valence-corrected chi connectivity index (χ3v) is 4.31. The topological polar surface area (TPSA) is 118 Å². The molecule has 0 saturated heterocycles. The lowest BCUT2D eigenvalue weighted by molar-refractivity contribution is -0.134. The molecule has 0 aliphatic rings. The van der Waals surface area contributed by atoms with Crippen molar-refractivity contribution in [1.82, 2.24) is 4.98 Å². The predicted octanol–water partition coefficient (Wildman–Crippen LogP) is 2.66.